The van der Waals surface area contributed by atoms with E-state index < -0.39 is 0 Å². The molecule has 0 amide bonds. The van der Waals surface area contributed by atoms with Crippen molar-refractivity contribution in [1.82, 2.24) is 5.32 Å². The molecule has 3 rings (SSSR count). The summed E-state index contributed by atoms with van der Waals surface area (Å²) in [5.41, 5.74) is 1.35. The van der Waals surface area contributed by atoms with E-state index in [-0.39, 0.29) is 0 Å². The Morgan fingerprint density at radius 1 is 1.21 bits per heavy atom. The summed E-state index contributed by atoms with van der Waals surface area (Å²) in [4.78, 5) is 0. The highest BCUT2D eigenvalue weighted by Crippen LogP contribution is 2.33. The third-order valence-electron chi connectivity index (χ3n) is 4.53. The summed E-state index contributed by atoms with van der Waals surface area (Å²) in [6.07, 6.45) is 5.22. The highest BCUT2D eigenvalue weighted by molar-refractivity contribution is 6.18. The Kier molecular flexibility index (Phi) is 4.29. The van der Waals surface area contributed by atoms with Gasteiger partial charge < -0.3 is 10.1 Å². The molecule has 1 aliphatic heterocycles. The lowest BCUT2D eigenvalue weighted by molar-refractivity contribution is 0.267. The molecule has 3 heteroatoms. The van der Waals surface area contributed by atoms with Crippen LogP contribution in [0.1, 0.15) is 37.2 Å². The first-order chi connectivity index (χ1) is 9.38. The fourth-order valence-corrected chi connectivity index (χ4v) is 3.72. The fourth-order valence-electron chi connectivity index (χ4n) is 3.35. The number of para-hydroxylation sites is 1. The molecule has 0 radical (unpaired) electrons. The first-order valence-corrected chi connectivity index (χ1v) is 7.93. The number of nitrogens with one attached hydrogen (secondary N) is 1. The number of hydrogen-bond donors (Lipinski definition) is 1. The van der Waals surface area contributed by atoms with Crippen LogP contribution in [-0.4, -0.2) is 25.1 Å². The number of benzene rings is 1. The molecule has 1 heterocycles. The van der Waals surface area contributed by atoms with Crippen LogP contribution in [0.25, 0.3) is 0 Å². The highest BCUT2D eigenvalue weighted by atomic mass is 35.5. The quantitative estimate of drug-likeness (QED) is 0.851. The molecule has 0 aromatic heterocycles. The van der Waals surface area contributed by atoms with E-state index in [0.717, 1.165) is 24.8 Å². The smallest absolute Gasteiger partial charge is 0.122 e. The van der Waals surface area contributed by atoms with Gasteiger partial charge in [-0.15, -0.1) is 11.6 Å². The van der Waals surface area contributed by atoms with E-state index >= 15 is 0 Å². The summed E-state index contributed by atoms with van der Waals surface area (Å²) in [6, 6.07) is 8.99. The average molecular weight is 280 g/mol. The SMILES string of the molecule is ClCC1CCCCC1NCC1COc2ccccc21. The normalized spacial score (nSPS) is 29.8. The Bertz CT molecular complexity index is 423. The van der Waals surface area contributed by atoms with Crippen molar-refractivity contribution in [3.63, 3.8) is 0 Å². The molecule has 1 aliphatic carbocycles. The minimum absolute atomic E-state index is 0.495. The third kappa shape index (κ3) is 2.90. The van der Waals surface area contributed by atoms with E-state index in [0.29, 0.717) is 17.9 Å². The van der Waals surface area contributed by atoms with Crippen molar-refractivity contribution in [1.29, 1.82) is 0 Å². The number of alkyl halides is 1. The van der Waals surface area contributed by atoms with Crippen molar-refractivity contribution in [2.75, 3.05) is 19.0 Å². The van der Waals surface area contributed by atoms with Gasteiger partial charge in [0.1, 0.15) is 5.75 Å². The molecule has 1 N–H and O–H groups in total. The highest BCUT2D eigenvalue weighted by Gasteiger charge is 2.27. The monoisotopic (exact) mass is 279 g/mol. The van der Waals surface area contributed by atoms with E-state index in [2.05, 4.69) is 23.5 Å². The van der Waals surface area contributed by atoms with Crippen LogP contribution in [0.15, 0.2) is 24.3 Å². The Labute approximate surface area is 120 Å². The lowest BCUT2D eigenvalue weighted by atomic mass is 9.85. The van der Waals surface area contributed by atoms with Gasteiger partial charge in [0.25, 0.3) is 0 Å². The standard InChI is InChI=1S/C16H22ClNO/c17-9-12-5-1-3-7-15(12)18-10-13-11-19-16-8-4-2-6-14(13)16/h2,4,6,8,12-13,15,18H,1,3,5,7,9-11H2. The van der Waals surface area contributed by atoms with Crippen LogP contribution in [0, 0.1) is 5.92 Å². The summed E-state index contributed by atoms with van der Waals surface area (Å²) in [5, 5.41) is 3.74. The van der Waals surface area contributed by atoms with E-state index in [1.54, 1.807) is 0 Å². The summed E-state index contributed by atoms with van der Waals surface area (Å²) in [5.74, 6) is 2.99. The average Bonchev–Trinajstić information content (AvgIpc) is 2.89. The topological polar surface area (TPSA) is 21.3 Å². The minimum atomic E-state index is 0.495. The largest absolute Gasteiger partial charge is 0.493 e. The summed E-state index contributed by atoms with van der Waals surface area (Å²) < 4.78 is 5.74. The Morgan fingerprint density at radius 2 is 2.05 bits per heavy atom. The maximum Gasteiger partial charge on any atom is 0.122 e. The van der Waals surface area contributed by atoms with Crippen LogP contribution in [0.3, 0.4) is 0 Å². The molecule has 0 bridgehead atoms. The van der Waals surface area contributed by atoms with Gasteiger partial charge in [-0.3, -0.25) is 0 Å². The van der Waals surface area contributed by atoms with Crippen molar-refractivity contribution in [2.24, 2.45) is 5.92 Å². The van der Waals surface area contributed by atoms with Gasteiger partial charge >= 0.3 is 0 Å². The predicted molar refractivity (Wildman–Crippen MR) is 79.1 cm³/mol. The summed E-state index contributed by atoms with van der Waals surface area (Å²) in [6.45, 7) is 1.82. The number of hydrogen-bond acceptors (Lipinski definition) is 2. The zero-order chi connectivity index (χ0) is 13.1. The molecule has 2 aliphatic rings. The first-order valence-electron chi connectivity index (χ1n) is 7.39. The van der Waals surface area contributed by atoms with Gasteiger partial charge in [0.15, 0.2) is 0 Å². The van der Waals surface area contributed by atoms with Gasteiger partial charge in [-0.2, -0.15) is 0 Å². The lowest BCUT2D eigenvalue weighted by Gasteiger charge is -2.31. The number of ether oxygens (including phenoxy) is 1. The Balaban J connectivity index is 1.58. The van der Waals surface area contributed by atoms with Crippen LogP contribution < -0.4 is 10.1 Å². The van der Waals surface area contributed by atoms with Crippen LogP contribution in [-0.2, 0) is 0 Å². The predicted octanol–water partition coefficient (Wildman–Crippen LogP) is 3.55. The molecular formula is C16H22ClNO. The maximum atomic E-state index is 6.09. The van der Waals surface area contributed by atoms with E-state index in [1.807, 2.05) is 6.07 Å². The van der Waals surface area contributed by atoms with E-state index in [1.165, 1.54) is 31.2 Å². The van der Waals surface area contributed by atoms with Gasteiger partial charge in [-0.1, -0.05) is 31.0 Å². The van der Waals surface area contributed by atoms with Gasteiger partial charge in [0.05, 0.1) is 6.61 Å². The van der Waals surface area contributed by atoms with Crippen molar-refractivity contribution in [3.05, 3.63) is 29.8 Å². The van der Waals surface area contributed by atoms with Crippen LogP contribution >= 0.6 is 11.6 Å². The second kappa shape index (κ2) is 6.15. The van der Waals surface area contributed by atoms with Gasteiger partial charge in [0, 0.05) is 29.9 Å². The van der Waals surface area contributed by atoms with Crippen LogP contribution in [0.5, 0.6) is 5.75 Å². The number of rotatable bonds is 4. The molecule has 104 valence electrons. The van der Waals surface area contributed by atoms with E-state index in [9.17, 15) is 0 Å². The molecule has 0 spiro atoms. The third-order valence-corrected chi connectivity index (χ3v) is 4.93. The molecule has 3 atom stereocenters. The molecule has 1 aromatic rings. The van der Waals surface area contributed by atoms with Crippen molar-refractivity contribution in [3.8, 4) is 5.75 Å². The lowest BCUT2D eigenvalue weighted by Crippen LogP contribution is -2.41. The molecule has 19 heavy (non-hydrogen) atoms. The van der Waals surface area contributed by atoms with Crippen molar-refractivity contribution in [2.45, 2.75) is 37.6 Å². The molecule has 0 saturated heterocycles. The molecule has 1 aromatic carbocycles. The van der Waals surface area contributed by atoms with Crippen LogP contribution in [0.2, 0.25) is 0 Å². The number of fused-ring (bicyclic) bond motifs is 1. The summed E-state index contributed by atoms with van der Waals surface area (Å²) in [7, 11) is 0. The zero-order valence-electron chi connectivity index (χ0n) is 11.3. The fraction of sp³-hybridized carbons (Fsp3) is 0.625. The van der Waals surface area contributed by atoms with Crippen molar-refractivity contribution < 1.29 is 4.74 Å². The van der Waals surface area contributed by atoms with Gasteiger partial charge in [0.2, 0.25) is 0 Å². The van der Waals surface area contributed by atoms with Crippen molar-refractivity contribution >= 4 is 11.6 Å². The molecule has 1 fully saturated rings. The van der Waals surface area contributed by atoms with Gasteiger partial charge in [-0.25, -0.2) is 0 Å². The molecule has 1 saturated carbocycles. The Hall–Kier alpha value is -0.730. The second-order valence-corrected chi connectivity index (χ2v) is 6.07. The maximum absolute atomic E-state index is 6.09. The molecule has 3 unspecified atom stereocenters. The second-order valence-electron chi connectivity index (χ2n) is 5.76. The summed E-state index contributed by atoms with van der Waals surface area (Å²) >= 11 is 6.09. The number of halogens is 1. The van der Waals surface area contributed by atoms with Crippen LogP contribution in [0.4, 0.5) is 0 Å². The minimum Gasteiger partial charge on any atom is -0.493 e. The molecule has 2 nitrogen and oxygen atoms in total. The van der Waals surface area contributed by atoms with Gasteiger partial charge in [-0.05, 0) is 24.8 Å². The van der Waals surface area contributed by atoms with E-state index in [4.69, 9.17) is 16.3 Å². The molecular weight excluding hydrogens is 258 g/mol. The zero-order valence-corrected chi connectivity index (χ0v) is 12.0. The Morgan fingerprint density at radius 3 is 2.95 bits per heavy atom. The first kappa shape index (κ1) is 13.3.